The van der Waals surface area contributed by atoms with E-state index in [0.717, 1.165) is 0 Å². The molecule has 0 aliphatic carbocycles. The molecule has 1 rings (SSSR count). The van der Waals surface area contributed by atoms with Crippen LogP contribution in [0, 0.1) is 0 Å². The first kappa shape index (κ1) is 11.1. The van der Waals surface area contributed by atoms with E-state index in [2.05, 4.69) is 0 Å². The second kappa shape index (κ2) is 4.90. The van der Waals surface area contributed by atoms with Crippen molar-refractivity contribution in [2.75, 3.05) is 0 Å². The van der Waals surface area contributed by atoms with E-state index in [-0.39, 0.29) is 62.7 Å². The zero-order valence-corrected chi connectivity index (χ0v) is 9.24. The Hall–Kier alpha value is 0.126. The molecule has 0 heterocycles. The zero-order chi connectivity index (χ0) is 7.56. The average molecular weight is 177 g/mol. The van der Waals surface area contributed by atoms with Gasteiger partial charge in [0, 0.05) is 0 Å². The first-order valence-electron chi connectivity index (χ1n) is 2.73. The summed E-state index contributed by atoms with van der Waals surface area (Å²) < 4.78 is 0. The molecular weight excluding hydrogens is 171 g/mol. The van der Waals surface area contributed by atoms with E-state index in [4.69, 9.17) is 10.2 Å². The molecule has 52 valence electrons. The van der Waals surface area contributed by atoms with Crippen LogP contribution in [0.1, 0.15) is 10.4 Å². The fraction of sp³-hybridized carbons (Fsp3) is 0. The Balaban J connectivity index is 0.000001000. The van der Waals surface area contributed by atoms with Crippen LogP contribution in [0.4, 0.5) is 0 Å². The number of hydrogen-bond acceptors (Lipinski definition) is 2. The number of aromatic carboxylic acids is 1. The molecule has 1 aromatic carbocycles. The van der Waals surface area contributed by atoms with Gasteiger partial charge in [-0.3, -0.25) is 0 Å². The molecule has 2 N–H and O–H groups in total. The van der Waals surface area contributed by atoms with Crippen molar-refractivity contribution in [2.24, 2.45) is 0 Å². The summed E-state index contributed by atoms with van der Waals surface area (Å²) in [5, 5.41) is 17.3. The summed E-state index contributed by atoms with van der Waals surface area (Å²) >= 11 is 0. The second-order valence-corrected chi connectivity index (χ2v) is 1.82. The van der Waals surface area contributed by atoms with Gasteiger partial charge in [0.2, 0.25) is 0 Å². The molecule has 0 radical (unpaired) electrons. The summed E-state index contributed by atoms with van der Waals surface area (Å²) in [5.74, 6) is -1.31. The largest absolute Gasteiger partial charge is 1.00 e. The van der Waals surface area contributed by atoms with Crippen molar-refractivity contribution in [3.8, 4) is 5.75 Å². The predicted octanol–water partition coefficient (Wildman–Crippen LogP) is -1.91. The van der Waals surface area contributed by atoms with Crippen LogP contribution in [-0.2, 0) is 0 Å². The zero-order valence-electron chi connectivity index (χ0n) is 6.11. The first-order valence-corrected chi connectivity index (χ1v) is 2.73. The molecule has 0 aromatic heterocycles. The van der Waals surface area contributed by atoms with Crippen LogP contribution in [0.5, 0.6) is 5.75 Å². The minimum absolute atomic E-state index is 0. The normalized spacial score (nSPS) is 8.36. The molecule has 0 atom stereocenters. The molecule has 11 heavy (non-hydrogen) atoms. The molecule has 0 aliphatic heterocycles. The summed E-state index contributed by atoms with van der Waals surface area (Å²) in [4.78, 5) is 10.3. The SMILES string of the molecule is O=C(O)c1ccccc1O.[K+]. The van der Waals surface area contributed by atoms with E-state index in [1.165, 1.54) is 12.1 Å². The topological polar surface area (TPSA) is 57.5 Å². The van der Waals surface area contributed by atoms with Crippen molar-refractivity contribution in [1.29, 1.82) is 0 Å². The van der Waals surface area contributed by atoms with E-state index in [9.17, 15) is 4.79 Å². The Bertz CT molecular complexity index is 260. The van der Waals surface area contributed by atoms with Crippen LogP contribution in [0.3, 0.4) is 0 Å². The standard InChI is InChI=1S/C7H6O3.K/c8-6-4-2-1-3-5(6)7(9)10;/h1-4,8H,(H,9,10);/q;+1. The van der Waals surface area contributed by atoms with Crippen LogP contribution in [-0.4, -0.2) is 16.2 Å². The Morgan fingerprint density at radius 2 is 1.82 bits per heavy atom. The van der Waals surface area contributed by atoms with Crippen molar-refractivity contribution >= 4 is 5.97 Å². The molecule has 0 fully saturated rings. The van der Waals surface area contributed by atoms with Crippen LogP contribution in [0.15, 0.2) is 24.3 Å². The summed E-state index contributed by atoms with van der Waals surface area (Å²) in [6.07, 6.45) is 0. The molecule has 4 heteroatoms. The maximum atomic E-state index is 10.3. The molecule has 0 saturated carbocycles. The van der Waals surface area contributed by atoms with E-state index in [0.29, 0.717) is 0 Å². The molecule has 0 saturated heterocycles. The predicted molar refractivity (Wildman–Crippen MR) is 35.1 cm³/mol. The van der Waals surface area contributed by atoms with Crippen molar-refractivity contribution in [1.82, 2.24) is 0 Å². The molecule has 3 nitrogen and oxygen atoms in total. The first-order chi connectivity index (χ1) is 4.72. The van der Waals surface area contributed by atoms with Gasteiger partial charge >= 0.3 is 57.4 Å². The van der Waals surface area contributed by atoms with Crippen molar-refractivity contribution in [3.63, 3.8) is 0 Å². The maximum absolute atomic E-state index is 10.3. The van der Waals surface area contributed by atoms with Crippen molar-refractivity contribution in [2.45, 2.75) is 0 Å². The van der Waals surface area contributed by atoms with E-state index in [1.54, 1.807) is 12.1 Å². The number of carboxylic acids is 1. The number of carbonyl (C=O) groups is 1. The van der Waals surface area contributed by atoms with Crippen molar-refractivity contribution < 1.29 is 66.4 Å². The summed E-state index contributed by atoms with van der Waals surface area (Å²) in [6, 6.07) is 5.81. The van der Waals surface area contributed by atoms with Gasteiger partial charge in [0.05, 0.1) is 0 Å². The monoisotopic (exact) mass is 177 g/mol. The number of rotatable bonds is 1. The van der Waals surface area contributed by atoms with Gasteiger partial charge in [-0.15, -0.1) is 0 Å². The van der Waals surface area contributed by atoms with Gasteiger partial charge < -0.3 is 10.2 Å². The number of carboxylic acid groups (broad SMARTS) is 1. The summed E-state index contributed by atoms with van der Waals surface area (Å²) in [5.41, 5.74) is -0.0671. The fourth-order valence-corrected chi connectivity index (χ4v) is 0.654. The summed E-state index contributed by atoms with van der Waals surface area (Å²) in [6.45, 7) is 0. The van der Waals surface area contributed by atoms with Gasteiger partial charge in [0.1, 0.15) is 11.3 Å². The third kappa shape index (κ3) is 2.92. The molecular formula is C7H6KO3+. The second-order valence-electron chi connectivity index (χ2n) is 1.82. The van der Waals surface area contributed by atoms with Gasteiger partial charge in [-0.2, -0.15) is 0 Å². The molecule has 0 spiro atoms. The van der Waals surface area contributed by atoms with Gasteiger partial charge in [-0.05, 0) is 12.1 Å². The number of aromatic hydroxyl groups is 1. The number of phenols is 1. The van der Waals surface area contributed by atoms with Crippen LogP contribution >= 0.6 is 0 Å². The minimum atomic E-state index is -1.11. The smallest absolute Gasteiger partial charge is 0.507 e. The molecule has 0 bridgehead atoms. The van der Waals surface area contributed by atoms with Crippen LogP contribution < -0.4 is 51.4 Å². The van der Waals surface area contributed by atoms with Crippen LogP contribution in [0.25, 0.3) is 0 Å². The van der Waals surface area contributed by atoms with Crippen molar-refractivity contribution in [3.05, 3.63) is 29.8 Å². The van der Waals surface area contributed by atoms with Gasteiger partial charge in [-0.1, -0.05) is 12.1 Å². The van der Waals surface area contributed by atoms with Gasteiger partial charge in [0.15, 0.2) is 0 Å². The third-order valence-corrected chi connectivity index (χ3v) is 1.13. The van der Waals surface area contributed by atoms with E-state index >= 15 is 0 Å². The quantitative estimate of drug-likeness (QED) is 0.492. The van der Waals surface area contributed by atoms with Crippen LogP contribution in [0.2, 0.25) is 0 Å². The molecule has 1 aromatic rings. The maximum Gasteiger partial charge on any atom is 1.00 e. The van der Waals surface area contributed by atoms with Gasteiger partial charge in [0.25, 0.3) is 0 Å². The average Bonchev–Trinajstić information content (AvgIpc) is 1.88. The Morgan fingerprint density at radius 3 is 2.18 bits per heavy atom. The number of hydrogen-bond donors (Lipinski definition) is 2. The Kier molecular flexibility index (Phi) is 4.95. The number of benzene rings is 1. The third-order valence-electron chi connectivity index (χ3n) is 1.13. The number of para-hydroxylation sites is 1. The Morgan fingerprint density at radius 1 is 1.27 bits per heavy atom. The molecule has 0 unspecified atom stereocenters. The Labute approximate surface area is 106 Å². The fourth-order valence-electron chi connectivity index (χ4n) is 0.654. The molecule has 0 aliphatic rings. The summed E-state index contributed by atoms with van der Waals surface area (Å²) in [7, 11) is 0. The van der Waals surface area contributed by atoms with E-state index < -0.39 is 5.97 Å². The minimum Gasteiger partial charge on any atom is -0.507 e. The van der Waals surface area contributed by atoms with E-state index in [1.807, 2.05) is 0 Å². The van der Waals surface area contributed by atoms with Gasteiger partial charge in [-0.25, -0.2) is 4.79 Å². The molecule has 0 amide bonds.